The maximum atomic E-state index is 12.4. The Morgan fingerprint density at radius 1 is 0.966 bits per heavy atom. The molecular formula is C21H18N2O5S. The summed E-state index contributed by atoms with van der Waals surface area (Å²) in [5.41, 5.74) is 1.44. The third-order valence-electron chi connectivity index (χ3n) is 3.96. The molecule has 7 nitrogen and oxygen atoms in total. The molecule has 0 bridgehead atoms. The highest BCUT2D eigenvalue weighted by Gasteiger charge is 2.20. The van der Waals surface area contributed by atoms with Gasteiger partial charge in [-0.25, -0.2) is 14.6 Å². The van der Waals surface area contributed by atoms with E-state index in [0.717, 1.165) is 0 Å². The topological polar surface area (TPSA) is 85.8 Å². The zero-order valence-electron chi connectivity index (χ0n) is 15.8. The summed E-state index contributed by atoms with van der Waals surface area (Å²) in [7, 11) is 1.24. The maximum absolute atomic E-state index is 12.4. The van der Waals surface area contributed by atoms with Gasteiger partial charge in [-0.3, -0.25) is 9.69 Å². The summed E-state index contributed by atoms with van der Waals surface area (Å²) in [6.45, 7) is 1.36. The van der Waals surface area contributed by atoms with Crippen LogP contribution in [0, 0.1) is 0 Å². The molecule has 0 N–H and O–H groups in total. The SMILES string of the molecule is COC(=O)c1ccccc1C(=O)OCc1csc(N(C(C)=O)c2ccccc2)n1. The summed E-state index contributed by atoms with van der Waals surface area (Å²) in [6.07, 6.45) is 0. The van der Waals surface area contributed by atoms with Crippen molar-refractivity contribution < 1.29 is 23.9 Å². The van der Waals surface area contributed by atoms with Crippen molar-refractivity contribution in [3.8, 4) is 0 Å². The molecule has 1 amide bonds. The number of nitrogens with zero attached hydrogens (tertiary/aromatic N) is 2. The molecule has 0 unspecified atom stereocenters. The number of hydrogen-bond donors (Lipinski definition) is 0. The Morgan fingerprint density at radius 3 is 2.21 bits per heavy atom. The monoisotopic (exact) mass is 410 g/mol. The molecule has 0 saturated heterocycles. The molecule has 0 atom stereocenters. The third kappa shape index (κ3) is 4.67. The van der Waals surface area contributed by atoms with Gasteiger partial charge in [0.25, 0.3) is 0 Å². The van der Waals surface area contributed by atoms with Crippen molar-refractivity contribution in [3.63, 3.8) is 0 Å². The number of rotatable bonds is 6. The zero-order valence-corrected chi connectivity index (χ0v) is 16.6. The molecule has 1 aromatic heterocycles. The lowest BCUT2D eigenvalue weighted by molar-refractivity contribution is -0.115. The fraction of sp³-hybridized carbons (Fsp3) is 0.143. The number of esters is 2. The Labute approximate surface area is 171 Å². The first kappa shape index (κ1) is 20.2. The largest absolute Gasteiger partial charge is 0.465 e. The molecule has 3 aromatic rings. The molecule has 0 aliphatic carbocycles. The van der Waals surface area contributed by atoms with Gasteiger partial charge in [0, 0.05) is 12.3 Å². The third-order valence-corrected chi connectivity index (χ3v) is 4.84. The van der Waals surface area contributed by atoms with Crippen LogP contribution in [0.25, 0.3) is 0 Å². The summed E-state index contributed by atoms with van der Waals surface area (Å²) >= 11 is 1.27. The molecule has 0 radical (unpaired) electrons. The summed E-state index contributed by atoms with van der Waals surface area (Å²) < 4.78 is 9.99. The van der Waals surface area contributed by atoms with E-state index in [1.54, 1.807) is 17.5 Å². The number of ether oxygens (including phenoxy) is 2. The van der Waals surface area contributed by atoms with Gasteiger partial charge in [-0.05, 0) is 24.3 Å². The zero-order chi connectivity index (χ0) is 20.8. The molecular weight excluding hydrogens is 392 g/mol. The van der Waals surface area contributed by atoms with Crippen molar-refractivity contribution >= 4 is 40.0 Å². The van der Waals surface area contributed by atoms with Crippen molar-refractivity contribution in [1.29, 1.82) is 0 Å². The van der Waals surface area contributed by atoms with Crippen LogP contribution < -0.4 is 4.90 Å². The number of carbonyl (C=O) groups excluding carboxylic acids is 3. The second-order valence-corrected chi connectivity index (χ2v) is 6.76. The fourth-order valence-corrected chi connectivity index (χ4v) is 3.51. The molecule has 3 rings (SSSR count). The van der Waals surface area contributed by atoms with Gasteiger partial charge in [0.2, 0.25) is 5.91 Å². The Bertz CT molecular complexity index is 1030. The van der Waals surface area contributed by atoms with Gasteiger partial charge >= 0.3 is 11.9 Å². The van der Waals surface area contributed by atoms with Crippen LogP contribution >= 0.6 is 11.3 Å². The quantitative estimate of drug-likeness (QED) is 0.572. The number of aromatic nitrogens is 1. The number of amides is 1. The molecule has 0 saturated carbocycles. The summed E-state index contributed by atoms with van der Waals surface area (Å²) in [6, 6.07) is 15.4. The van der Waals surface area contributed by atoms with Crippen molar-refractivity contribution in [2.45, 2.75) is 13.5 Å². The van der Waals surface area contributed by atoms with Crippen LogP contribution in [0.5, 0.6) is 0 Å². The molecule has 2 aromatic carbocycles. The van der Waals surface area contributed by atoms with E-state index in [2.05, 4.69) is 9.72 Å². The lowest BCUT2D eigenvalue weighted by atomic mass is 10.1. The Morgan fingerprint density at radius 2 is 1.59 bits per heavy atom. The summed E-state index contributed by atoms with van der Waals surface area (Å²) in [4.78, 5) is 42.2. The van der Waals surface area contributed by atoms with Crippen molar-refractivity contribution in [3.05, 3.63) is 76.8 Å². The van der Waals surface area contributed by atoms with Gasteiger partial charge in [-0.1, -0.05) is 30.3 Å². The van der Waals surface area contributed by atoms with E-state index >= 15 is 0 Å². The highest BCUT2D eigenvalue weighted by atomic mass is 32.1. The minimum Gasteiger partial charge on any atom is -0.465 e. The average Bonchev–Trinajstić information content (AvgIpc) is 3.20. The molecule has 8 heteroatoms. The van der Waals surface area contributed by atoms with E-state index in [0.29, 0.717) is 16.5 Å². The predicted octanol–water partition coefficient (Wildman–Crippen LogP) is 3.97. The molecule has 0 aliphatic heterocycles. The van der Waals surface area contributed by atoms with Crippen molar-refractivity contribution in [2.24, 2.45) is 0 Å². The summed E-state index contributed by atoms with van der Waals surface area (Å²) in [5, 5.41) is 2.19. The number of methoxy groups -OCH3 is 1. The first-order chi connectivity index (χ1) is 14.0. The number of thiazole rings is 1. The smallest absolute Gasteiger partial charge is 0.339 e. The number of benzene rings is 2. The first-order valence-electron chi connectivity index (χ1n) is 8.66. The van der Waals surface area contributed by atoms with E-state index in [-0.39, 0.29) is 23.6 Å². The molecule has 0 aliphatic rings. The molecule has 0 spiro atoms. The highest BCUT2D eigenvalue weighted by molar-refractivity contribution is 7.14. The standard InChI is InChI=1S/C21H18N2O5S/c1-14(24)23(16-8-4-3-5-9-16)21-22-15(13-29-21)12-28-20(26)18-11-7-6-10-17(18)19(25)27-2/h3-11,13H,12H2,1-2H3. The molecule has 29 heavy (non-hydrogen) atoms. The van der Waals surface area contributed by atoms with Crippen LogP contribution in [0.3, 0.4) is 0 Å². The van der Waals surface area contributed by atoms with Gasteiger partial charge < -0.3 is 9.47 Å². The van der Waals surface area contributed by atoms with Crippen molar-refractivity contribution in [1.82, 2.24) is 4.98 Å². The molecule has 1 heterocycles. The van der Waals surface area contributed by atoms with Crippen LogP contribution in [0.2, 0.25) is 0 Å². The van der Waals surface area contributed by atoms with E-state index < -0.39 is 11.9 Å². The Hall–Kier alpha value is -3.52. The van der Waals surface area contributed by atoms with E-state index in [1.165, 1.54) is 42.4 Å². The first-order valence-corrected chi connectivity index (χ1v) is 9.54. The van der Waals surface area contributed by atoms with Gasteiger partial charge in [0.1, 0.15) is 6.61 Å². The number of hydrogen-bond acceptors (Lipinski definition) is 7. The number of para-hydroxylation sites is 1. The van der Waals surface area contributed by atoms with Gasteiger partial charge in [-0.15, -0.1) is 11.3 Å². The summed E-state index contributed by atoms with van der Waals surface area (Å²) in [5.74, 6) is -1.46. The van der Waals surface area contributed by atoms with Crippen molar-refractivity contribution in [2.75, 3.05) is 12.0 Å². The van der Waals surface area contributed by atoms with Crippen LogP contribution in [-0.2, 0) is 20.9 Å². The normalized spacial score (nSPS) is 10.3. The van der Waals surface area contributed by atoms with Crippen LogP contribution in [0.15, 0.2) is 60.0 Å². The van der Waals surface area contributed by atoms with Crippen LogP contribution in [-0.4, -0.2) is 29.9 Å². The van der Waals surface area contributed by atoms with E-state index in [9.17, 15) is 14.4 Å². The second kappa shape index (κ2) is 9.11. The number of anilines is 2. The fourth-order valence-electron chi connectivity index (χ4n) is 2.64. The van der Waals surface area contributed by atoms with Crippen LogP contribution in [0.1, 0.15) is 33.3 Å². The lowest BCUT2D eigenvalue weighted by Gasteiger charge is -2.17. The van der Waals surface area contributed by atoms with E-state index in [4.69, 9.17) is 4.74 Å². The Balaban J connectivity index is 1.73. The lowest BCUT2D eigenvalue weighted by Crippen LogP contribution is -2.22. The van der Waals surface area contributed by atoms with Gasteiger partial charge in [0.05, 0.1) is 29.6 Å². The molecule has 148 valence electrons. The molecule has 0 fully saturated rings. The average molecular weight is 410 g/mol. The second-order valence-electron chi connectivity index (χ2n) is 5.92. The van der Waals surface area contributed by atoms with Gasteiger partial charge in [0.15, 0.2) is 5.13 Å². The minimum atomic E-state index is -0.660. The maximum Gasteiger partial charge on any atom is 0.339 e. The van der Waals surface area contributed by atoms with Crippen LogP contribution in [0.4, 0.5) is 10.8 Å². The Kier molecular flexibility index (Phi) is 6.36. The predicted molar refractivity (Wildman–Crippen MR) is 108 cm³/mol. The number of carbonyl (C=O) groups is 3. The van der Waals surface area contributed by atoms with E-state index in [1.807, 2.05) is 30.3 Å². The minimum absolute atomic E-state index is 0.0919. The van der Waals surface area contributed by atoms with Gasteiger partial charge in [-0.2, -0.15) is 0 Å². The highest BCUT2D eigenvalue weighted by Crippen LogP contribution is 2.29.